The summed E-state index contributed by atoms with van der Waals surface area (Å²) in [4.78, 5) is 4.00. The van der Waals surface area contributed by atoms with Crippen LogP contribution in [0.4, 0.5) is 5.69 Å². The molecule has 1 atom stereocenters. The zero-order valence-electron chi connectivity index (χ0n) is 9.68. The van der Waals surface area contributed by atoms with E-state index in [1.807, 2.05) is 20.8 Å². The van der Waals surface area contributed by atoms with Crippen LogP contribution >= 0.6 is 23.2 Å². The van der Waals surface area contributed by atoms with Crippen molar-refractivity contribution in [3.05, 3.63) is 21.9 Å². The van der Waals surface area contributed by atoms with Gasteiger partial charge >= 0.3 is 0 Å². The van der Waals surface area contributed by atoms with E-state index < -0.39 is 0 Å². The molecule has 0 saturated carbocycles. The fourth-order valence-corrected chi connectivity index (χ4v) is 1.94. The fraction of sp³-hybridized carbons (Fsp3) is 0.545. The number of nitrogens with one attached hydrogen (secondary N) is 1. The third-order valence-electron chi connectivity index (χ3n) is 2.10. The van der Waals surface area contributed by atoms with E-state index >= 15 is 0 Å². The van der Waals surface area contributed by atoms with Gasteiger partial charge in [-0.3, -0.25) is 0 Å². The second kappa shape index (κ2) is 6.28. The average molecular weight is 263 g/mol. The van der Waals surface area contributed by atoms with Gasteiger partial charge in [-0.25, -0.2) is 4.98 Å². The van der Waals surface area contributed by atoms with Gasteiger partial charge in [-0.15, -0.1) is 0 Å². The van der Waals surface area contributed by atoms with Crippen LogP contribution in [0.2, 0.25) is 10.3 Å². The summed E-state index contributed by atoms with van der Waals surface area (Å²) in [6.45, 7) is 7.27. The van der Waals surface area contributed by atoms with Crippen molar-refractivity contribution < 1.29 is 4.74 Å². The minimum Gasteiger partial charge on any atom is -0.380 e. The van der Waals surface area contributed by atoms with E-state index in [0.29, 0.717) is 23.5 Å². The molecule has 3 nitrogen and oxygen atoms in total. The number of halogens is 2. The number of aromatic nitrogens is 1. The predicted molar refractivity (Wildman–Crippen MR) is 68.6 cm³/mol. The zero-order valence-corrected chi connectivity index (χ0v) is 11.2. The molecule has 1 unspecified atom stereocenters. The predicted octanol–water partition coefficient (Wildman–Crippen LogP) is 3.53. The van der Waals surface area contributed by atoms with Crippen molar-refractivity contribution in [1.82, 2.24) is 4.98 Å². The molecule has 1 rings (SSSR count). The lowest BCUT2D eigenvalue weighted by Crippen LogP contribution is -2.22. The first-order chi connectivity index (χ1) is 7.54. The molecule has 1 heterocycles. The minimum absolute atomic E-state index is 0.180. The van der Waals surface area contributed by atoms with Crippen molar-refractivity contribution in [2.45, 2.75) is 26.8 Å². The van der Waals surface area contributed by atoms with Crippen LogP contribution in [0.3, 0.4) is 0 Å². The highest BCUT2D eigenvalue weighted by Crippen LogP contribution is 2.26. The Morgan fingerprint density at radius 3 is 2.75 bits per heavy atom. The monoisotopic (exact) mass is 262 g/mol. The number of aryl methyl sites for hydroxylation is 1. The summed E-state index contributed by atoms with van der Waals surface area (Å²) in [5.41, 5.74) is 1.80. The Balaban J connectivity index is 2.73. The van der Waals surface area contributed by atoms with Crippen LogP contribution in [0.15, 0.2) is 6.07 Å². The lowest BCUT2D eigenvalue weighted by Gasteiger charge is -2.17. The summed E-state index contributed by atoms with van der Waals surface area (Å²) in [7, 11) is 0. The number of rotatable bonds is 5. The SMILES string of the molecule is CCOCC(C)Nc1c(C)cc(Cl)nc1Cl. The Hall–Kier alpha value is -0.510. The molecule has 0 saturated heterocycles. The van der Waals surface area contributed by atoms with Gasteiger partial charge in [0.25, 0.3) is 0 Å². The van der Waals surface area contributed by atoms with E-state index in [-0.39, 0.29) is 6.04 Å². The summed E-state index contributed by atoms with van der Waals surface area (Å²) >= 11 is 11.8. The van der Waals surface area contributed by atoms with Gasteiger partial charge in [0.05, 0.1) is 12.3 Å². The third kappa shape index (κ3) is 3.81. The molecule has 0 amide bonds. The molecule has 0 bridgehead atoms. The van der Waals surface area contributed by atoms with Crippen molar-refractivity contribution in [3.63, 3.8) is 0 Å². The van der Waals surface area contributed by atoms with E-state index in [0.717, 1.165) is 11.3 Å². The van der Waals surface area contributed by atoms with Crippen LogP contribution in [0.1, 0.15) is 19.4 Å². The minimum atomic E-state index is 0.180. The number of hydrogen-bond acceptors (Lipinski definition) is 3. The van der Waals surface area contributed by atoms with Crippen molar-refractivity contribution >= 4 is 28.9 Å². The summed E-state index contributed by atoms with van der Waals surface area (Å²) in [5, 5.41) is 4.07. The topological polar surface area (TPSA) is 34.1 Å². The zero-order chi connectivity index (χ0) is 12.1. The average Bonchev–Trinajstić information content (AvgIpc) is 2.20. The fourth-order valence-electron chi connectivity index (χ4n) is 1.35. The molecule has 16 heavy (non-hydrogen) atoms. The lowest BCUT2D eigenvalue weighted by molar-refractivity contribution is 0.141. The summed E-state index contributed by atoms with van der Waals surface area (Å²) in [6.07, 6.45) is 0. The van der Waals surface area contributed by atoms with E-state index in [2.05, 4.69) is 10.3 Å². The maximum atomic E-state index is 6.01. The van der Waals surface area contributed by atoms with Crippen LogP contribution in [0.5, 0.6) is 0 Å². The Morgan fingerprint density at radius 1 is 1.50 bits per heavy atom. The van der Waals surface area contributed by atoms with E-state index in [4.69, 9.17) is 27.9 Å². The van der Waals surface area contributed by atoms with Crippen LogP contribution in [-0.2, 0) is 4.74 Å². The summed E-state index contributed by atoms with van der Waals surface area (Å²) in [6, 6.07) is 1.96. The molecule has 1 aromatic rings. The van der Waals surface area contributed by atoms with E-state index in [1.54, 1.807) is 6.07 Å². The molecule has 90 valence electrons. The van der Waals surface area contributed by atoms with E-state index in [1.165, 1.54) is 0 Å². The molecule has 0 fully saturated rings. The molecule has 0 aliphatic rings. The third-order valence-corrected chi connectivity index (χ3v) is 2.57. The molecular weight excluding hydrogens is 247 g/mol. The maximum Gasteiger partial charge on any atom is 0.154 e. The van der Waals surface area contributed by atoms with Crippen molar-refractivity contribution in [3.8, 4) is 0 Å². The van der Waals surface area contributed by atoms with Gasteiger partial charge in [-0.05, 0) is 32.4 Å². The Morgan fingerprint density at radius 2 is 2.19 bits per heavy atom. The van der Waals surface area contributed by atoms with Gasteiger partial charge in [0.2, 0.25) is 0 Å². The molecule has 0 aliphatic heterocycles. The lowest BCUT2D eigenvalue weighted by atomic mass is 10.2. The van der Waals surface area contributed by atoms with Gasteiger partial charge < -0.3 is 10.1 Å². The Labute approximate surface area is 106 Å². The molecule has 0 aliphatic carbocycles. The second-order valence-corrected chi connectivity index (χ2v) is 4.38. The van der Waals surface area contributed by atoms with Gasteiger partial charge in [0.1, 0.15) is 5.15 Å². The molecule has 1 aromatic heterocycles. The van der Waals surface area contributed by atoms with Gasteiger partial charge in [0.15, 0.2) is 5.15 Å². The Bertz CT molecular complexity index is 335. The molecule has 5 heteroatoms. The number of anilines is 1. The standard InChI is InChI=1S/C11H16Cl2N2O/c1-4-16-6-8(3)14-10-7(2)5-9(12)15-11(10)13/h5,8,14H,4,6H2,1-3H3. The smallest absolute Gasteiger partial charge is 0.154 e. The van der Waals surface area contributed by atoms with Crippen LogP contribution in [-0.4, -0.2) is 24.2 Å². The molecule has 1 N–H and O–H groups in total. The summed E-state index contributed by atoms with van der Waals surface area (Å²) < 4.78 is 5.32. The highest BCUT2D eigenvalue weighted by Gasteiger charge is 2.10. The van der Waals surface area contributed by atoms with Gasteiger partial charge in [0, 0.05) is 12.6 Å². The van der Waals surface area contributed by atoms with Gasteiger partial charge in [-0.2, -0.15) is 0 Å². The summed E-state index contributed by atoms with van der Waals surface area (Å²) in [5.74, 6) is 0. The highest BCUT2D eigenvalue weighted by atomic mass is 35.5. The number of ether oxygens (including phenoxy) is 1. The van der Waals surface area contributed by atoms with Crippen molar-refractivity contribution in [2.75, 3.05) is 18.5 Å². The Kier molecular flexibility index (Phi) is 5.32. The largest absolute Gasteiger partial charge is 0.380 e. The first kappa shape index (κ1) is 13.6. The number of pyridine rings is 1. The first-order valence-corrected chi connectivity index (χ1v) is 5.97. The van der Waals surface area contributed by atoms with Crippen molar-refractivity contribution in [1.29, 1.82) is 0 Å². The van der Waals surface area contributed by atoms with Crippen LogP contribution < -0.4 is 5.32 Å². The number of hydrogen-bond donors (Lipinski definition) is 1. The second-order valence-electron chi connectivity index (χ2n) is 3.63. The van der Waals surface area contributed by atoms with Crippen LogP contribution in [0.25, 0.3) is 0 Å². The van der Waals surface area contributed by atoms with Crippen molar-refractivity contribution in [2.24, 2.45) is 0 Å². The molecular formula is C11H16Cl2N2O. The quantitative estimate of drug-likeness (QED) is 0.825. The number of nitrogens with zero attached hydrogens (tertiary/aromatic N) is 1. The first-order valence-electron chi connectivity index (χ1n) is 5.21. The molecule has 0 spiro atoms. The normalized spacial score (nSPS) is 12.6. The van der Waals surface area contributed by atoms with Gasteiger partial charge in [-0.1, -0.05) is 23.2 Å². The molecule has 0 aromatic carbocycles. The highest BCUT2D eigenvalue weighted by molar-refractivity contribution is 6.34. The van der Waals surface area contributed by atoms with Crippen LogP contribution in [0, 0.1) is 6.92 Å². The molecule has 0 radical (unpaired) electrons. The van der Waals surface area contributed by atoms with E-state index in [9.17, 15) is 0 Å². The maximum absolute atomic E-state index is 6.01.